The van der Waals surface area contributed by atoms with Crippen LogP contribution < -0.4 is 22.5 Å². The van der Waals surface area contributed by atoms with Crippen molar-refractivity contribution in [3.05, 3.63) is 52.6 Å². The van der Waals surface area contributed by atoms with Crippen LogP contribution in [0.5, 0.6) is 0 Å². The molecule has 5 N–H and O–H groups in total. The molecule has 42 heavy (non-hydrogen) atoms. The Labute approximate surface area is 254 Å². The molecule has 0 bridgehead atoms. The molecule has 1 spiro atoms. The summed E-state index contributed by atoms with van der Waals surface area (Å²) in [6, 6.07) is 10.1. The number of nitrogens with zero attached hydrogens (tertiary/aromatic N) is 5. The minimum atomic E-state index is -0.945. The van der Waals surface area contributed by atoms with Gasteiger partial charge < -0.3 is 26.2 Å². The van der Waals surface area contributed by atoms with Gasteiger partial charge in [-0.1, -0.05) is 12.1 Å². The Morgan fingerprint density at radius 1 is 1.02 bits per heavy atom. The van der Waals surface area contributed by atoms with Gasteiger partial charge in [-0.3, -0.25) is 14.7 Å². The van der Waals surface area contributed by atoms with Crippen LogP contribution in [0.2, 0.25) is 0 Å². The van der Waals surface area contributed by atoms with Gasteiger partial charge in [0, 0.05) is 44.5 Å². The molecule has 3 amide bonds. The molecule has 230 valence electrons. The Morgan fingerprint density at radius 3 is 2.17 bits per heavy atom. The molecule has 2 aromatic rings. The van der Waals surface area contributed by atoms with E-state index in [-0.39, 0.29) is 30.2 Å². The largest absolute Gasteiger partial charge is 0.354 e. The van der Waals surface area contributed by atoms with Gasteiger partial charge in [-0.2, -0.15) is 4.98 Å². The summed E-state index contributed by atoms with van der Waals surface area (Å²) in [5.74, 6) is 0.0514. The number of halogens is 1. The summed E-state index contributed by atoms with van der Waals surface area (Å²) in [5, 5.41) is 2.71. The number of carbonyl (C=O) groups excluding carboxylic acids is 2. The fraction of sp³-hybridized carbons (Fsp3) is 0.600. The zero-order valence-corrected chi connectivity index (χ0v) is 25.7. The van der Waals surface area contributed by atoms with Crippen LogP contribution >= 0.6 is 12.4 Å². The molecule has 0 radical (unpaired) electrons. The lowest BCUT2D eigenvalue weighted by Crippen LogP contribution is -2.58. The molecular weight excluding hydrogens is 556 g/mol. The average molecular weight is 601 g/mol. The van der Waals surface area contributed by atoms with Crippen molar-refractivity contribution in [1.29, 1.82) is 0 Å². The van der Waals surface area contributed by atoms with Gasteiger partial charge in [-0.15, -0.1) is 12.4 Å². The minimum absolute atomic E-state index is 0. The number of likely N-dealkylation sites (tertiary alicyclic amines) is 1. The molecule has 3 fully saturated rings. The van der Waals surface area contributed by atoms with Crippen LogP contribution in [0.4, 0.5) is 10.6 Å². The molecule has 1 saturated carbocycles. The number of piperazine rings is 1. The van der Waals surface area contributed by atoms with Crippen LogP contribution in [0.1, 0.15) is 52.0 Å². The molecule has 1 aliphatic carbocycles. The summed E-state index contributed by atoms with van der Waals surface area (Å²) >= 11 is 0. The van der Waals surface area contributed by atoms with E-state index >= 15 is 0 Å². The lowest BCUT2D eigenvalue weighted by atomic mass is 9.60. The summed E-state index contributed by atoms with van der Waals surface area (Å²) in [4.78, 5) is 47.8. The third-order valence-electron chi connectivity index (χ3n) is 9.06. The molecule has 3 heterocycles. The predicted octanol–water partition coefficient (Wildman–Crippen LogP) is 2.20. The molecule has 5 rings (SSSR count). The second kappa shape index (κ2) is 12.7. The van der Waals surface area contributed by atoms with Gasteiger partial charge in [0.25, 0.3) is 0 Å². The Morgan fingerprint density at radius 2 is 1.62 bits per heavy atom. The first-order valence-corrected chi connectivity index (χ1v) is 14.8. The Hall–Kier alpha value is -2.99. The standard InChI is InChI=1S/C30H44N8O3.ClH/c1-21(35-12-9-30(10-13-35)19-23(31)20-30)18-22-4-6-24(7-5-22)38-11-8-25(34-28(38)41)33-27(40)37-16-14-36(15-17-37)26(39)29(2,3)32;/h4-8,11,21,23H,9-10,12-20,31-32H2,1-3H3,(H,33,34,40,41);1H. The van der Waals surface area contributed by atoms with E-state index in [1.807, 2.05) is 12.1 Å². The number of hydrogen-bond donors (Lipinski definition) is 3. The van der Waals surface area contributed by atoms with E-state index in [1.54, 1.807) is 35.9 Å². The van der Waals surface area contributed by atoms with Crippen molar-refractivity contribution in [2.75, 3.05) is 44.6 Å². The van der Waals surface area contributed by atoms with Gasteiger partial charge in [0.1, 0.15) is 5.82 Å². The van der Waals surface area contributed by atoms with E-state index in [4.69, 9.17) is 11.5 Å². The maximum absolute atomic E-state index is 12.8. The van der Waals surface area contributed by atoms with E-state index < -0.39 is 11.2 Å². The van der Waals surface area contributed by atoms with E-state index in [9.17, 15) is 14.4 Å². The van der Waals surface area contributed by atoms with Gasteiger partial charge in [0.05, 0.1) is 11.2 Å². The van der Waals surface area contributed by atoms with Crippen molar-refractivity contribution in [3.8, 4) is 5.69 Å². The van der Waals surface area contributed by atoms with Crippen LogP contribution in [0.15, 0.2) is 41.3 Å². The van der Waals surface area contributed by atoms with Crippen LogP contribution in [0.25, 0.3) is 5.69 Å². The topological polar surface area (TPSA) is 143 Å². The molecular formula is C30H45ClN8O3. The number of benzene rings is 1. The molecule has 1 aromatic heterocycles. The number of nitrogens with one attached hydrogen (secondary N) is 1. The third-order valence-corrected chi connectivity index (χ3v) is 9.06. The average Bonchev–Trinajstić information content (AvgIpc) is 2.92. The SMILES string of the molecule is CC(Cc1ccc(-n2ccc(NC(=O)N3CCN(C(=O)C(C)(C)N)CC3)nc2=O)cc1)N1CCC2(CC1)CC(N)C2.Cl. The van der Waals surface area contributed by atoms with Crippen molar-refractivity contribution in [2.24, 2.45) is 16.9 Å². The lowest BCUT2D eigenvalue weighted by Gasteiger charge is -2.52. The highest BCUT2D eigenvalue weighted by Crippen LogP contribution is 2.48. The molecule has 1 atom stereocenters. The summed E-state index contributed by atoms with van der Waals surface area (Å²) in [6.45, 7) is 9.49. The molecule has 3 aliphatic rings. The van der Waals surface area contributed by atoms with Gasteiger partial charge in [-0.25, -0.2) is 9.59 Å². The van der Waals surface area contributed by atoms with Crippen molar-refractivity contribution in [1.82, 2.24) is 24.3 Å². The first-order chi connectivity index (χ1) is 19.4. The van der Waals surface area contributed by atoms with Gasteiger partial charge in [0.15, 0.2) is 0 Å². The number of nitrogens with two attached hydrogens (primary N) is 2. The van der Waals surface area contributed by atoms with E-state index in [2.05, 4.69) is 34.3 Å². The minimum Gasteiger partial charge on any atom is -0.338 e. The first-order valence-electron chi connectivity index (χ1n) is 14.8. The van der Waals surface area contributed by atoms with E-state index in [0.717, 1.165) is 25.2 Å². The van der Waals surface area contributed by atoms with Gasteiger partial charge in [-0.05, 0) is 95.1 Å². The zero-order chi connectivity index (χ0) is 29.4. The summed E-state index contributed by atoms with van der Waals surface area (Å²) in [7, 11) is 0. The molecule has 1 unspecified atom stereocenters. The van der Waals surface area contributed by atoms with Crippen LogP contribution in [-0.4, -0.2) is 93.1 Å². The maximum atomic E-state index is 12.8. The van der Waals surface area contributed by atoms with Gasteiger partial charge in [0.2, 0.25) is 5.91 Å². The number of urea groups is 1. The summed E-state index contributed by atoms with van der Waals surface area (Å²) in [5.41, 5.74) is 13.0. The van der Waals surface area contributed by atoms with Crippen molar-refractivity contribution in [2.45, 2.75) is 70.5 Å². The number of piperidine rings is 1. The number of amides is 3. The normalized spacial score (nSPS) is 20.0. The Kier molecular flexibility index (Phi) is 9.66. The Bertz CT molecular complexity index is 1300. The molecule has 1 aromatic carbocycles. The number of anilines is 1. The van der Waals surface area contributed by atoms with Crippen molar-refractivity contribution >= 4 is 30.2 Å². The van der Waals surface area contributed by atoms with Gasteiger partial charge >= 0.3 is 11.7 Å². The number of aromatic nitrogens is 2. The zero-order valence-electron chi connectivity index (χ0n) is 24.9. The fourth-order valence-corrected chi connectivity index (χ4v) is 6.54. The number of rotatable bonds is 6. The summed E-state index contributed by atoms with van der Waals surface area (Å²) in [6.07, 6.45) is 7.46. The molecule has 12 heteroatoms. The van der Waals surface area contributed by atoms with Crippen molar-refractivity contribution in [3.63, 3.8) is 0 Å². The first kappa shape index (κ1) is 31.9. The second-order valence-corrected chi connectivity index (χ2v) is 12.8. The molecule has 2 saturated heterocycles. The smallest absolute Gasteiger partial charge is 0.338 e. The highest BCUT2D eigenvalue weighted by molar-refractivity contribution is 5.89. The van der Waals surface area contributed by atoms with E-state index in [1.165, 1.54) is 35.8 Å². The second-order valence-electron chi connectivity index (χ2n) is 12.8. The number of hydrogen-bond acceptors (Lipinski definition) is 7. The Balaban J connectivity index is 0.00000405. The summed E-state index contributed by atoms with van der Waals surface area (Å²) < 4.78 is 1.47. The third kappa shape index (κ3) is 7.14. The molecule has 2 aliphatic heterocycles. The lowest BCUT2D eigenvalue weighted by molar-refractivity contribution is -0.137. The van der Waals surface area contributed by atoms with E-state index in [0.29, 0.717) is 43.7 Å². The highest BCUT2D eigenvalue weighted by Gasteiger charge is 2.44. The van der Waals surface area contributed by atoms with Crippen LogP contribution in [-0.2, 0) is 11.2 Å². The monoisotopic (exact) mass is 600 g/mol. The van der Waals surface area contributed by atoms with Crippen LogP contribution in [0.3, 0.4) is 0 Å². The quantitative estimate of drug-likeness (QED) is 0.461. The predicted molar refractivity (Wildman–Crippen MR) is 166 cm³/mol. The number of carbonyl (C=O) groups is 2. The maximum Gasteiger partial charge on any atom is 0.354 e. The van der Waals surface area contributed by atoms with Crippen LogP contribution in [0, 0.1) is 5.41 Å². The highest BCUT2D eigenvalue weighted by atomic mass is 35.5. The fourth-order valence-electron chi connectivity index (χ4n) is 6.54. The van der Waals surface area contributed by atoms with Crippen molar-refractivity contribution < 1.29 is 9.59 Å². The molecule has 11 nitrogen and oxygen atoms in total.